The van der Waals surface area contributed by atoms with E-state index in [9.17, 15) is 4.79 Å². The number of carbonyl (C=O) groups excluding carboxylic acids is 1. The predicted octanol–water partition coefficient (Wildman–Crippen LogP) is 1.38. The largest absolute Gasteiger partial charge is 0.455 e. The van der Waals surface area contributed by atoms with Gasteiger partial charge in [-0.2, -0.15) is 0 Å². The molecule has 0 spiro atoms. The second kappa shape index (κ2) is 5.46. The smallest absolute Gasteiger partial charge is 0.357 e. The van der Waals surface area contributed by atoms with Crippen molar-refractivity contribution in [3.05, 3.63) is 29.6 Å². The van der Waals surface area contributed by atoms with Gasteiger partial charge in [0.25, 0.3) is 0 Å². The fourth-order valence-corrected chi connectivity index (χ4v) is 1.06. The number of aliphatic hydroxyl groups is 1. The van der Waals surface area contributed by atoms with Crippen LogP contribution < -0.4 is 0 Å². The molecular weight excluding hydrogens is 218 g/mol. The Morgan fingerprint density at radius 3 is 2.65 bits per heavy atom. The topological polar surface area (TPSA) is 59.4 Å². The van der Waals surface area contributed by atoms with E-state index in [1.54, 1.807) is 32.9 Å². The van der Waals surface area contributed by atoms with Crippen LogP contribution >= 0.6 is 0 Å². The van der Waals surface area contributed by atoms with Crippen LogP contribution in [0.5, 0.6) is 0 Å². The highest BCUT2D eigenvalue weighted by Gasteiger charge is 2.18. The summed E-state index contributed by atoms with van der Waals surface area (Å²) in [6.07, 6.45) is 1.47. The maximum Gasteiger partial charge on any atom is 0.357 e. The molecule has 0 saturated heterocycles. The van der Waals surface area contributed by atoms with Gasteiger partial charge < -0.3 is 9.84 Å². The monoisotopic (exact) mass is 233 g/mol. The molecule has 17 heavy (non-hydrogen) atoms. The van der Waals surface area contributed by atoms with Gasteiger partial charge in [-0.05, 0) is 32.9 Å². The molecule has 0 fully saturated rings. The Morgan fingerprint density at radius 1 is 1.47 bits per heavy atom. The van der Waals surface area contributed by atoms with Gasteiger partial charge in [0.05, 0.1) is 0 Å². The number of aliphatic hydroxyl groups excluding tert-OH is 1. The van der Waals surface area contributed by atoms with Gasteiger partial charge in [-0.1, -0.05) is 11.8 Å². The number of carbonyl (C=O) groups is 1. The summed E-state index contributed by atoms with van der Waals surface area (Å²) in [5, 5.41) is 8.53. The molecule has 0 aliphatic rings. The van der Waals surface area contributed by atoms with Gasteiger partial charge in [-0.15, -0.1) is 0 Å². The van der Waals surface area contributed by atoms with Crippen molar-refractivity contribution in [1.29, 1.82) is 0 Å². The third kappa shape index (κ3) is 4.66. The molecule has 1 aromatic heterocycles. The molecule has 0 bridgehead atoms. The summed E-state index contributed by atoms with van der Waals surface area (Å²) >= 11 is 0. The summed E-state index contributed by atoms with van der Waals surface area (Å²) in [5.74, 6) is 4.74. The summed E-state index contributed by atoms with van der Waals surface area (Å²) in [5.41, 5.74) is 0.356. The van der Waals surface area contributed by atoms with E-state index < -0.39 is 11.6 Å². The zero-order chi connectivity index (χ0) is 12.9. The number of rotatable bonds is 1. The fraction of sp³-hybridized carbons (Fsp3) is 0.385. The lowest BCUT2D eigenvalue weighted by Gasteiger charge is -2.18. The van der Waals surface area contributed by atoms with Gasteiger partial charge in [0, 0.05) is 11.8 Å². The van der Waals surface area contributed by atoms with Crippen molar-refractivity contribution in [1.82, 2.24) is 4.98 Å². The van der Waals surface area contributed by atoms with Gasteiger partial charge >= 0.3 is 5.97 Å². The van der Waals surface area contributed by atoms with Crippen molar-refractivity contribution in [2.24, 2.45) is 0 Å². The average Bonchev–Trinajstić information content (AvgIpc) is 2.24. The van der Waals surface area contributed by atoms with Gasteiger partial charge in [0.15, 0.2) is 0 Å². The van der Waals surface area contributed by atoms with Crippen LogP contribution in [0, 0.1) is 11.8 Å². The number of pyridine rings is 1. The highest BCUT2D eigenvalue weighted by molar-refractivity contribution is 5.87. The molecular formula is C13H15NO3. The normalized spacial score (nSPS) is 10.4. The molecule has 0 aliphatic heterocycles. The van der Waals surface area contributed by atoms with Crippen LogP contribution in [0.25, 0.3) is 0 Å². The minimum absolute atomic E-state index is 0.201. The van der Waals surface area contributed by atoms with E-state index in [-0.39, 0.29) is 12.3 Å². The first-order valence-corrected chi connectivity index (χ1v) is 5.21. The van der Waals surface area contributed by atoms with Crippen LogP contribution in [0.3, 0.4) is 0 Å². The Labute approximate surface area is 101 Å². The second-order valence-electron chi connectivity index (χ2n) is 4.39. The molecule has 0 saturated carbocycles. The first kappa shape index (κ1) is 13.2. The number of hydrogen-bond acceptors (Lipinski definition) is 4. The van der Waals surface area contributed by atoms with Crippen molar-refractivity contribution < 1.29 is 14.6 Å². The number of esters is 1. The van der Waals surface area contributed by atoms with Crippen LogP contribution in [0.2, 0.25) is 0 Å². The first-order chi connectivity index (χ1) is 7.92. The summed E-state index contributed by atoms with van der Waals surface area (Å²) in [6, 6.07) is 3.21. The van der Waals surface area contributed by atoms with Crippen LogP contribution in [-0.2, 0) is 4.74 Å². The molecule has 1 heterocycles. The molecule has 4 nitrogen and oxygen atoms in total. The molecule has 0 radical (unpaired) electrons. The Kier molecular flexibility index (Phi) is 4.24. The van der Waals surface area contributed by atoms with E-state index >= 15 is 0 Å². The fourth-order valence-electron chi connectivity index (χ4n) is 1.06. The average molecular weight is 233 g/mol. The summed E-state index contributed by atoms with van der Waals surface area (Å²) in [6.45, 7) is 5.19. The molecule has 0 atom stereocenters. The van der Waals surface area contributed by atoms with E-state index in [4.69, 9.17) is 9.84 Å². The standard InChI is InChI=1S/C13H15NO3/c1-13(2,3)17-12(16)11-7-6-10(9-14-11)5-4-8-15/h6-7,9,15H,8H2,1-3H3. The van der Waals surface area contributed by atoms with E-state index in [0.29, 0.717) is 5.56 Å². The van der Waals surface area contributed by atoms with Gasteiger partial charge in [0.1, 0.15) is 17.9 Å². The molecule has 0 unspecified atom stereocenters. The Balaban J connectivity index is 2.77. The third-order valence-corrected chi connectivity index (χ3v) is 1.68. The third-order valence-electron chi connectivity index (χ3n) is 1.68. The van der Waals surface area contributed by atoms with Crippen molar-refractivity contribution in [3.8, 4) is 11.8 Å². The van der Waals surface area contributed by atoms with Gasteiger partial charge in [-0.25, -0.2) is 9.78 Å². The van der Waals surface area contributed by atoms with Gasteiger partial charge in [-0.3, -0.25) is 0 Å². The van der Waals surface area contributed by atoms with E-state index in [2.05, 4.69) is 16.8 Å². The zero-order valence-corrected chi connectivity index (χ0v) is 10.2. The summed E-state index contributed by atoms with van der Waals surface area (Å²) in [4.78, 5) is 15.6. The molecule has 0 aliphatic carbocycles. The summed E-state index contributed by atoms with van der Waals surface area (Å²) < 4.78 is 5.17. The lowest BCUT2D eigenvalue weighted by atomic mass is 10.2. The maximum absolute atomic E-state index is 11.6. The molecule has 0 amide bonds. The quantitative estimate of drug-likeness (QED) is 0.588. The minimum atomic E-state index is -0.534. The van der Waals surface area contributed by atoms with Crippen LogP contribution in [0.1, 0.15) is 36.8 Å². The molecule has 1 rings (SSSR count). The molecule has 90 valence electrons. The number of ether oxygens (including phenoxy) is 1. The highest BCUT2D eigenvalue weighted by atomic mass is 16.6. The number of nitrogens with zero attached hydrogens (tertiary/aromatic N) is 1. The minimum Gasteiger partial charge on any atom is -0.455 e. The van der Waals surface area contributed by atoms with E-state index in [1.165, 1.54) is 6.20 Å². The van der Waals surface area contributed by atoms with Crippen molar-refractivity contribution in [2.75, 3.05) is 6.61 Å². The molecule has 0 aromatic carbocycles. The van der Waals surface area contributed by atoms with E-state index in [0.717, 1.165) is 0 Å². The van der Waals surface area contributed by atoms with E-state index in [1.807, 2.05) is 0 Å². The van der Waals surface area contributed by atoms with Crippen molar-refractivity contribution in [3.63, 3.8) is 0 Å². The van der Waals surface area contributed by atoms with Crippen LogP contribution in [0.4, 0.5) is 0 Å². The van der Waals surface area contributed by atoms with Crippen LogP contribution in [0.15, 0.2) is 18.3 Å². The molecule has 1 N–H and O–H groups in total. The van der Waals surface area contributed by atoms with Crippen LogP contribution in [-0.4, -0.2) is 28.3 Å². The maximum atomic E-state index is 11.6. The van der Waals surface area contributed by atoms with Crippen molar-refractivity contribution in [2.45, 2.75) is 26.4 Å². The zero-order valence-electron chi connectivity index (χ0n) is 10.2. The SMILES string of the molecule is CC(C)(C)OC(=O)c1ccc(C#CCO)cn1. The van der Waals surface area contributed by atoms with Crippen molar-refractivity contribution >= 4 is 5.97 Å². The second-order valence-corrected chi connectivity index (χ2v) is 4.39. The number of hydrogen-bond donors (Lipinski definition) is 1. The lowest BCUT2D eigenvalue weighted by molar-refractivity contribution is 0.00628. The summed E-state index contributed by atoms with van der Waals surface area (Å²) in [7, 11) is 0. The number of aromatic nitrogens is 1. The molecule has 4 heteroatoms. The predicted molar refractivity (Wildman–Crippen MR) is 63.4 cm³/mol. The lowest BCUT2D eigenvalue weighted by Crippen LogP contribution is -2.24. The first-order valence-electron chi connectivity index (χ1n) is 5.21. The highest BCUT2D eigenvalue weighted by Crippen LogP contribution is 2.10. The van der Waals surface area contributed by atoms with Gasteiger partial charge in [0.2, 0.25) is 0 Å². The Hall–Kier alpha value is -1.86. The Morgan fingerprint density at radius 2 is 2.18 bits per heavy atom. The molecule has 1 aromatic rings. The Bertz CT molecular complexity index is 446.